The van der Waals surface area contributed by atoms with Gasteiger partial charge in [0.2, 0.25) is 0 Å². The average Bonchev–Trinajstić information content (AvgIpc) is 2.39. The maximum absolute atomic E-state index is 12.2. The third-order valence-electron chi connectivity index (χ3n) is 2.61. The second-order valence-electron chi connectivity index (χ2n) is 3.82. The summed E-state index contributed by atoms with van der Waals surface area (Å²) in [6.45, 7) is 1.99. The number of benzene rings is 1. The molecule has 0 amide bonds. The van der Waals surface area contributed by atoms with Gasteiger partial charge in [0.1, 0.15) is 0 Å². The van der Waals surface area contributed by atoms with Crippen molar-refractivity contribution in [2.24, 2.45) is 5.73 Å². The first kappa shape index (κ1) is 13.4. The number of anilines is 1. The highest BCUT2D eigenvalue weighted by atomic mass is 32.2. The van der Waals surface area contributed by atoms with Crippen LogP contribution >= 0.6 is 0 Å². The average molecular weight is 279 g/mol. The Hall–Kier alpha value is -2.06. The second kappa shape index (κ2) is 5.29. The van der Waals surface area contributed by atoms with E-state index in [-0.39, 0.29) is 17.4 Å². The molecule has 8 heteroatoms. The first-order chi connectivity index (χ1) is 9.04. The number of nitrogens with one attached hydrogen (secondary N) is 1. The molecule has 0 saturated carbocycles. The standard InChI is InChI=1S/C11H13N5O2S/c1-8-9(7-12)3-2-4-10(8)19(17,18)16-11-13-5-6-14-15-11/h2-6H,7,12H2,1H3,(H,13,15,16). The fraction of sp³-hybridized carbons (Fsp3) is 0.182. The zero-order valence-corrected chi connectivity index (χ0v) is 11.1. The monoisotopic (exact) mass is 279 g/mol. The van der Waals surface area contributed by atoms with Gasteiger partial charge in [-0.1, -0.05) is 12.1 Å². The molecule has 19 heavy (non-hydrogen) atoms. The maximum atomic E-state index is 12.2. The minimum Gasteiger partial charge on any atom is -0.326 e. The van der Waals surface area contributed by atoms with Gasteiger partial charge < -0.3 is 5.73 Å². The summed E-state index contributed by atoms with van der Waals surface area (Å²) in [5.74, 6) is -0.0694. The molecule has 1 aromatic carbocycles. The molecule has 0 unspecified atom stereocenters. The molecule has 0 aliphatic heterocycles. The molecule has 3 N–H and O–H groups in total. The lowest BCUT2D eigenvalue weighted by atomic mass is 10.1. The third kappa shape index (κ3) is 2.85. The Kier molecular flexibility index (Phi) is 3.72. The topological polar surface area (TPSA) is 111 Å². The van der Waals surface area contributed by atoms with E-state index in [0.717, 1.165) is 5.56 Å². The summed E-state index contributed by atoms with van der Waals surface area (Å²) in [4.78, 5) is 3.93. The van der Waals surface area contributed by atoms with Crippen molar-refractivity contribution in [2.75, 3.05) is 4.72 Å². The van der Waals surface area contributed by atoms with Crippen LogP contribution in [0.2, 0.25) is 0 Å². The molecule has 0 aliphatic rings. The Balaban J connectivity index is 2.40. The molecular weight excluding hydrogens is 266 g/mol. The normalized spacial score (nSPS) is 11.3. The number of hydrogen-bond donors (Lipinski definition) is 2. The summed E-state index contributed by atoms with van der Waals surface area (Å²) in [7, 11) is -3.75. The molecule has 7 nitrogen and oxygen atoms in total. The van der Waals surface area contributed by atoms with Crippen molar-refractivity contribution in [2.45, 2.75) is 18.4 Å². The Bertz CT molecular complexity index is 673. The fourth-order valence-corrected chi connectivity index (χ4v) is 2.88. The highest BCUT2D eigenvalue weighted by Gasteiger charge is 2.19. The molecule has 0 radical (unpaired) electrons. The largest absolute Gasteiger partial charge is 0.326 e. The van der Waals surface area contributed by atoms with Crippen molar-refractivity contribution < 1.29 is 8.42 Å². The van der Waals surface area contributed by atoms with Crippen LogP contribution in [0.4, 0.5) is 5.95 Å². The van der Waals surface area contributed by atoms with Gasteiger partial charge >= 0.3 is 0 Å². The van der Waals surface area contributed by atoms with Crippen LogP contribution in [-0.2, 0) is 16.6 Å². The van der Waals surface area contributed by atoms with Crippen LogP contribution in [0.3, 0.4) is 0 Å². The van der Waals surface area contributed by atoms with Gasteiger partial charge in [-0.25, -0.2) is 18.1 Å². The lowest BCUT2D eigenvalue weighted by Gasteiger charge is -2.11. The van der Waals surface area contributed by atoms with Gasteiger partial charge in [-0.3, -0.25) is 0 Å². The minimum absolute atomic E-state index is 0.0694. The number of nitrogens with zero attached hydrogens (tertiary/aromatic N) is 3. The van der Waals surface area contributed by atoms with Crippen LogP contribution in [0.1, 0.15) is 11.1 Å². The lowest BCUT2D eigenvalue weighted by Crippen LogP contribution is -2.17. The van der Waals surface area contributed by atoms with Gasteiger partial charge in [-0.15, -0.1) is 5.10 Å². The Labute approximate surface area is 110 Å². The number of aromatic nitrogens is 3. The Morgan fingerprint density at radius 3 is 2.74 bits per heavy atom. The quantitative estimate of drug-likeness (QED) is 0.840. The highest BCUT2D eigenvalue weighted by Crippen LogP contribution is 2.20. The number of sulfonamides is 1. The summed E-state index contributed by atoms with van der Waals surface area (Å²) in [5, 5.41) is 7.14. The van der Waals surface area contributed by atoms with E-state index in [0.29, 0.717) is 5.56 Å². The summed E-state index contributed by atoms with van der Waals surface area (Å²) in [6.07, 6.45) is 2.71. The van der Waals surface area contributed by atoms with Crippen LogP contribution < -0.4 is 10.5 Å². The molecule has 0 fully saturated rings. The van der Waals surface area contributed by atoms with Gasteiger partial charge in [0.15, 0.2) is 0 Å². The molecule has 1 heterocycles. The molecule has 0 spiro atoms. The lowest BCUT2D eigenvalue weighted by molar-refractivity contribution is 0.600. The molecule has 100 valence electrons. The third-order valence-corrected chi connectivity index (χ3v) is 4.09. The van der Waals surface area contributed by atoms with Crippen LogP contribution in [0.5, 0.6) is 0 Å². The van der Waals surface area contributed by atoms with E-state index in [2.05, 4.69) is 19.9 Å². The molecule has 2 aromatic rings. The second-order valence-corrected chi connectivity index (χ2v) is 5.47. The van der Waals surface area contributed by atoms with Gasteiger partial charge in [-0.2, -0.15) is 5.10 Å². The summed E-state index contributed by atoms with van der Waals surface area (Å²) in [5.41, 5.74) is 6.95. The van der Waals surface area contributed by atoms with E-state index < -0.39 is 10.0 Å². The van der Waals surface area contributed by atoms with E-state index >= 15 is 0 Å². The van der Waals surface area contributed by atoms with Gasteiger partial charge in [0.05, 0.1) is 17.3 Å². The van der Waals surface area contributed by atoms with Crippen molar-refractivity contribution in [3.63, 3.8) is 0 Å². The fourth-order valence-electron chi connectivity index (χ4n) is 1.64. The molecular formula is C11H13N5O2S. The van der Waals surface area contributed by atoms with E-state index in [1.165, 1.54) is 18.5 Å². The summed E-state index contributed by atoms with van der Waals surface area (Å²) >= 11 is 0. The van der Waals surface area contributed by atoms with Crippen molar-refractivity contribution in [3.8, 4) is 0 Å². The summed E-state index contributed by atoms with van der Waals surface area (Å²) < 4.78 is 26.7. The van der Waals surface area contributed by atoms with Crippen molar-refractivity contribution in [1.82, 2.24) is 15.2 Å². The molecule has 0 atom stereocenters. The zero-order chi connectivity index (χ0) is 13.9. The Morgan fingerprint density at radius 2 is 2.11 bits per heavy atom. The predicted octanol–water partition coefficient (Wildman–Crippen LogP) is 0.440. The zero-order valence-electron chi connectivity index (χ0n) is 10.2. The first-order valence-electron chi connectivity index (χ1n) is 5.49. The maximum Gasteiger partial charge on any atom is 0.264 e. The minimum atomic E-state index is -3.75. The Morgan fingerprint density at radius 1 is 1.32 bits per heavy atom. The first-order valence-corrected chi connectivity index (χ1v) is 6.98. The van der Waals surface area contributed by atoms with Gasteiger partial charge in [-0.05, 0) is 24.1 Å². The predicted molar refractivity (Wildman–Crippen MR) is 69.7 cm³/mol. The van der Waals surface area contributed by atoms with Crippen molar-refractivity contribution in [1.29, 1.82) is 0 Å². The highest BCUT2D eigenvalue weighted by molar-refractivity contribution is 7.92. The smallest absolute Gasteiger partial charge is 0.264 e. The van der Waals surface area contributed by atoms with E-state index in [4.69, 9.17) is 5.73 Å². The number of rotatable bonds is 4. The summed E-state index contributed by atoms with van der Waals surface area (Å²) in [6, 6.07) is 4.94. The van der Waals surface area contributed by atoms with Crippen molar-refractivity contribution >= 4 is 16.0 Å². The van der Waals surface area contributed by atoms with Crippen LogP contribution in [0.15, 0.2) is 35.5 Å². The number of nitrogens with two attached hydrogens (primary N) is 1. The SMILES string of the molecule is Cc1c(CN)cccc1S(=O)(=O)Nc1nccnn1. The van der Waals surface area contributed by atoms with Gasteiger partial charge in [0, 0.05) is 6.54 Å². The molecule has 2 rings (SSSR count). The molecule has 0 saturated heterocycles. The van der Waals surface area contributed by atoms with Crippen LogP contribution in [0.25, 0.3) is 0 Å². The van der Waals surface area contributed by atoms with Crippen LogP contribution in [0, 0.1) is 6.92 Å². The van der Waals surface area contributed by atoms with E-state index in [1.807, 2.05) is 0 Å². The van der Waals surface area contributed by atoms with E-state index in [9.17, 15) is 8.42 Å². The van der Waals surface area contributed by atoms with E-state index in [1.54, 1.807) is 19.1 Å². The molecule has 0 bridgehead atoms. The molecule has 1 aromatic heterocycles. The van der Waals surface area contributed by atoms with Crippen molar-refractivity contribution in [3.05, 3.63) is 41.7 Å². The van der Waals surface area contributed by atoms with Crippen LogP contribution in [-0.4, -0.2) is 23.6 Å². The van der Waals surface area contributed by atoms with Gasteiger partial charge in [0.25, 0.3) is 16.0 Å². The number of hydrogen-bond acceptors (Lipinski definition) is 6. The molecule has 0 aliphatic carbocycles.